The zero-order valence-electron chi connectivity index (χ0n) is 14.2. The molecule has 26 heavy (non-hydrogen) atoms. The average molecular weight is 352 g/mol. The zero-order chi connectivity index (χ0) is 18.4. The number of hydrogen-bond donors (Lipinski definition) is 0. The van der Waals surface area contributed by atoms with E-state index in [1.807, 2.05) is 6.92 Å². The fraction of sp³-hybridized carbons (Fsp3) is 0.250. The van der Waals surface area contributed by atoms with E-state index in [1.54, 1.807) is 35.2 Å². The fourth-order valence-corrected chi connectivity index (χ4v) is 3.69. The first kappa shape index (κ1) is 16.4. The van der Waals surface area contributed by atoms with Crippen LogP contribution in [0.3, 0.4) is 0 Å². The number of nitrogens with zero attached hydrogens (tertiary/aromatic N) is 2. The number of carbonyl (C=O) groups excluding carboxylic acids is 3. The number of amides is 3. The lowest BCUT2D eigenvalue weighted by atomic mass is 9.96. The molecule has 0 aliphatic carbocycles. The number of benzene rings is 2. The topological polar surface area (TPSA) is 57.7 Å². The van der Waals surface area contributed by atoms with Crippen LogP contribution in [0.25, 0.3) is 0 Å². The van der Waals surface area contributed by atoms with Crippen LogP contribution < -0.4 is 4.90 Å². The van der Waals surface area contributed by atoms with Gasteiger partial charge in [-0.3, -0.25) is 19.3 Å². The first-order valence-corrected chi connectivity index (χ1v) is 8.53. The van der Waals surface area contributed by atoms with E-state index in [4.69, 9.17) is 0 Å². The number of rotatable bonds is 2. The summed E-state index contributed by atoms with van der Waals surface area (Å²) in [7, 11) is 0. The third-order valence-electron chi connectivity index (χ3n) is 5.01. The summed E-state index contributed by atoms with van der Waals surface area (Å²) >= 11 is 0. The van der Waals surface area contributed by atoms with E-state index < -0.39 is 11.8 Å². The van der Waals surface area contributed by atoms with Crippen molar-refractivity contribution in [3.8, 4) is 0 Å². The largest absolute Gasteiger partial charge is 0.308 e. The molecule has 2 aliphatic rings. The number of imide groups is 1. The molecule has 2 aromatic rings. The van der Waals surface area contributed by atoms with Crippen LogP contribution in [0.5, 0.6) is 0 Å². The molecule has 0 bridgehead atoms. The highest BCUT2D eigenvalue weighted by molar-refractivity contribution is 6.22. The molecule has 6 heteroatoms. The number of halogens is 1. The predicted octanol–water partition coefficient (Wildman–Crippen LogP) is 2.79. The van der Waals surface area contributed by atoms with Crippen molar-refractivity contribution in [2.45, 2.75) is 25.8 Å². The third-order valence-corrected chi connectivity index (χ3v) is 5.01. The van der Waals surface area contributed by atoms with Gasteiger partial charge in [0, 0.05) is 11.7 Å². The van der Waals surface area contributed by atoms with Gasteiger partial charge in [0.25, 0.3) is 11.8 Å². The summed E-state index contributed by atoms with van der Waals surface area (Å²) in [6, 6.07) is 10.8. The molecule has 0 radical (unpaired) electrons. The summed E-state index contributed by atoms with van der Waals surface area (Å²) in [6.45, 7) is 1.58. The van der Waals surface area contributed by atoms with Gasteiger partial charge in [-0.15, -0.1) is 0 Å². The first-order chi connectivity index (χ1) is 12.5. The fourth-order valence-electron chi connectivity index (χ4n) is 3.69. The van der Waals surface area contributed by atoms with Crippen molar-refractivity contribution in [3.63, 3.8) is 0 Å². The van der Waals surface area contributed by atoms with E-state index >= 15 is 0 Å². The second-order valence-corrected chi connectivity index (χ2v) is 6.67. The minimum atomic E-state index is -0.456. The second-order valence-electron chi connectivity index (χ2n) is 6.67. The summed E-state index contributed by atoms with van der Waals surface area (Å²) < 4.78 is 13.5. The summed E-state index contributed by atoms with van der Waals surface area (Å²) in [5, 5.41) is 0. The van der Waals surface area contributed by atoms with Crippen LogP contribution in [-0.4, -0.2) is 35.2 Å². The van der Waals surface area contributed by atoms with Crippen LogP contribution >= 0.6 is 0 Å². The second kappa shape index (κ2) is 6.05. The Labute approximate surface area is 150 Å². The highest BCUT2D eigenvalue weighted by Crippen LogP contribution is 2.32. The molecule has 0 spiro atoms. The van der Waals surface area contributed by atoms with E-state index in [0.717, 1.165) is 10.5 Å². The molecule has 0 aromatic heterocycles. The molecule has 2 aromatic carbocycles. The zero-order valence-corrected chi connectivity index (χ0v) is 14.2. The van der Waals surface area contributed by atoms with Gasteiger partial charge in [0.2, 0.25) is 5.91 Å². The van der Waals surface area contributed by atoms with Crippen molar-refractivity contribution in [2.75, 3.05) is 11.4 Å². The van der Waals surface area contributed by atoms with E-state index in [0.29, 0.717) is 29.7 Å². The standard InChI is InChI=1S/C20H17FN2O3/c1-12-6-7-13-10-14(21)8-9-17(13)23(12)18(24)11-22-19(25)15-4-2-3-5-16(15)20(22)26/h2-5,8-10,12H,6-7,11H2,1H3/t12-/m0/s1. The Hall–Kier alpha value is -3.02. The lowest BCUT2D eigenvalue weighted by Crippen LogP contribution is -2.48. The smallest absolute Gasteiger partial charge is 0.262 e. The van der Waals surface area contributed by atoms with Gasteiger partial charge in [0.05, 0.1) is 11.1 Å². The summed E-state index contributed by atoms with van der Waals surface area (Å²) in [5.74, 6) is -1.60. The van der Waals surface area contributed by atoms with Crippen molar-refractivity contribution in [1.29, 1.82) is 0 Å². The molecule has 0 fully saturated rings. The van der Waals surface area contributed by atoms with E-state index in [1.165, 1.54) is 12.1 Å². The van der Waals surface area contributed by atoms with Gasteiger partial charge in [-0.2, -0.15) is 0 Å². The Morgan fingerprint density at radius 3 is 2.42 bits per heavy atom. The molecule has 2 aliphatic heterocycles. The number of aryl methyl sites for hydroxylation is 1. The number of fused-ring (bicyclic) bond motifs is 2. The van der Waals surface area contributed by atoms with Crippen molar-refractivity contribution in [2.24, 2.45) is 0 Å². The summed E-state index contributed by atoms with van der Waals surface area (Å²) in [5.41, 5.74) is 2.05. The number of anilines is 1. The summed E-state index contributed by atoms with van der Waals surface area (Å²) in [4.78, 5) is 40.5. The minimum Gasteiger partial charge on any atom is -0.308 e. The van der Waals surface area contributed by atoms with Crippen molar-refractivity contribution in [3.05, 3.63) is 65.0 Å². The molecule has 4 rings (SSSR count). The molecular formula is C20H17FN2O3. The van der Waals surface area contributed by atoms with E-state index in [-0.39, 0.29) is 24.3 Å². The highest BCUT2D eigenvalue weighted by atomic mass is 19.1. The van der Waals surface area contributed by atoms with Gasteiger partial charge in [-0.1, -0.05) is 12.1 Å². The number of hydrogen-bond acceptors (Lipinski definition) is 3. The van der Waals surface area contributed by atoms with Crippen LogP contribution in [0.4, 0.5) is 10.1 Å². The van der Waals surface area contributed by atoms with Crippen molar-refractivity contribution in [1.82, 2.24) is 4.90 Å². The van der Waals surface area contributed by atoms with E-state index in [9.17, 15) is 18.8 Å². The Morgan fingerprint density at radius 2 is 1.77 bits per heavy atom. The normalized spacial score (nSPS) is 18.8. The van der Waals surface area contributed by atoms with E-state index in [2.05, 4.69) is 0 Å². The lowest BCUT2D eigenvalue weighted by molar-refractivity contribution is -0.119. The predicted molar refractivity (Wildman–Crippen MR) is 93.5 cm³/mol. The lowest BCUT2D eigenvalue weighted by Gasteiger charge is -2.36. The SMILES string of the molecule is C[C@H]1CCc2cc(F)ccc2N1C(=O)CN1C(=O)c2ccccc2C1=O. The van der Waals surface area contributed by atoms with Crippen LogP contribution in [0.1, 0.15) is 39.6 Å². The Kier molecular flexibility index (Phi) is 3.83. The van der Waals surface area contributed by atoms with Crippen LogP contribution in [0.2, 0.25) is 0 Å². The van der Waals surface area contributed by atoms with Gasteiger partial charge >= 0.3 is 0 Å². The maximum absolute atomic E-state index is 13.5. The number of carbonyl (C=O) groups is 3. The molecule has 0 N–H and O–H groups in total. The molecular weight excluding hydrogens is 335 g/mol. The quantitative estimate of drug-likeness (QED) is 0.781. The van der Waals surface area contributed by atoms with Gasteiger partial charge < -0.3 is 4.90 Å². The Balaban J connectivity index is 1.62. The van der Waals surface area contributed by atoms with Crippen LogP contribution in [0.15, 0.2) is 42.5 Å². The highest BCUT2D eigenvalue weighted by Gasteiger charge is 2.38. The Morgan fingerprint density at radius 1 is 1.12 bits per heavy atom. The molecule has 3 amide bonds. The van der Waals surface area contributed by atoms with Crippen LogP contribution in [-0.2, 0) is 11.2 Å². The summed E-state index contributed by atoms with van der Waals surface area (Å²) in [6.07, 6.45) is 1.38. The monoisotopic (exact) mass is 352 g/mol. The Bertz CT molecular complexity index is 905. The van der Waals surface area contributed by atoms with Gasteiger partial charge in [-0.25, -0.2) is 4.39 Å². The first-order valence-electron chi connectivity index (χ1n) is 8.53. The molecule has 2 heterocycles. The molecule has 1 atom stereocenters. The molecule has 132 valence electrons. The molecule has 0 unspecified atom stereocenters. The van der Waals surface area contributed by atoms with Gasteiger partial charge in [-0.05, 0) is 55.7 Å². The minimum absolute atomic E-state index is 0.0874. The van der Waals surface area contributed by atoms with Crippen molar-refractivity contribution < 1.29 is 18.8 Å². The third kappa shape index (κ3) is 2.49. The molecule has 0 saturated carbocycles. The maximum Gasteiger partial charge on any atom is 0.262 e. The van der Waals surface area contributed by atoms with Crippen molar-refractivity contribution >= 4 is 23.4 Å². The van der Waals surface area contributed by atoms with Gasteiger partial charge in [0.15, 0.2) is 0 Å². The maximum atomic E-state index is 13.5. The van der Waals surface area contributed by atoms with Gasteiger partial charge in [0.1, 0.15) is 12.4 Å². The molecule has 5 nitrogen and oxygen atoms in total. The molecule has 0 saturated heterocycles. The van der Waals surface area contributed by atoms with Crippen LogP contribution in [0, 0.1) is 5.82 Å². The average Bonchev–Trinajstić information content (AvgIpc) is 2.87.